The molecule has 1 aliphatic rings. The fraction of sp³-hybridized carbons (Fsp3) is 0.286. The number of rotatable bonds is 6. The molecular weight excluding hydrogens is 427 g/mol. The Morgan fingerprint density at radius 1 is 1.00 bits per heavy atom. The van der Waals surface area contributed by atoms with Crippen LogP contribution in [0.1, 0.15) is 29.5 Å². The van der Waals surface area contributed by atoms with Crippen molar-refractivity contribution in [3.8, 4) is 0 Å². The van der Waals surface area contributed by atoms with Crippen LogP contribution in [-0.2, 0) is 17.9 Å². The van der Waals surface area contributed by atoms with Gasteiger partial charge in [-0.1, -0.05) is 48.5 Å². The molecule has 34 heavy (non-hydrogen) atoms. The highest BCUT2D eigenvalue weighted by Crippen LogP contribution is 2.28. The van der Waals surface area contributed by atoms with Crippen LogP contribution in [0.25, 0.3) is 11.0 Å². The maximum absolute atomic E-state index is 13.1. The molecule has 1 N–H and O–H groups in total. The number of para-hydroxylation sites is 2. The molecule has 1 amide bonds. The first-order valence-electron chi connectivity index (χ1n) is 11.9. The molecule has 4 aromatic rings. The SMILES string of the molecule is Cc1ccccc1Cn1c(N2CCC(C(=O)NCc3ccc(F)cc3)CC2)nc2ccccc21. The van der Waals surface area contributed by atoms with Gasteiger partial charge >= 0.3 is 0 Å². The van der Waals surface area contributed by atoms with E-state index in [0.29, 0.717) is 6.54 Å². The Bertz CT molecular complexity index is 1290. The van der Waals surface area contributed by atoms with E-state index >= 15 is 0 Å². The van der Waals surface area contributed by atoms with E-state index in [0.717, 1.165) is 55.0 Å². The molecule has 0 unspecified atom stereocenters. The number of piperidine rings is 1. The topological polar surface area (TPSA) is 50.2 Å². The van der Waals surface area contributed by atoms with Crippen molar-refractivity contribution in [1.82, 2.24) is 14.9 Å². The summed E-state index contributed by atoms with van der Waals surface area (Å²) >= 11 is 0. The van der Waals surface area contributed by atoms with E-state index in [-0.39, 0.29) is 17.6 Å². The Balaban J connectivity index is 1.28. The first-order chi connectivity index (χ1) is 16.6. The van der Waals surface area contributed by atoms with Gasteiger partial charge in [-0.25, -0.2) is 9.37 Å². The third-order valence-corrected chi connectivity index (χ3v) is 6.75. The third-order valence-electron chi connectivity index (χ3n) is 6.75. The van der Waals surface area contributed by atoms with Gasteiger partial charge in [0.15, 0.2) is 0 Å². The second kappa shape index (κ2) is 9.67. The van der Waals surface area contributed by atoms with Gasteiger partial charge in [-0.15, -0.1) is 0 Å². The van der Waals surface area contributed by atoms with E-state index in [9.17, 15) is 9.18 Å². The largest absolute Gasteiger partial charge is 0.352 e. The fourth-order valence-corrected chi connectivity index (χ4v) is 4.70. The molecule has 3 aromatic carbocycles. The molecule has 174 valence electrons. The minimum Gasteiger partial charge on any atom is -0.352 e. The van der Waals surface area contributed by atoms with Gasteiger partial charge in [-0.05, 0) is 60.7 Å². The molecule has 1 aromatic heterocycles. The summed E-state index contributed by atoms with van der Waals surface area (Å²) in [6, 6.07) is 23.0. The molecule has 0 bridgehead atoms. The average molecular weight is 457 g/mol. The zero-order valence-corrected chi connectivity index (χ0v) is 19.4. The quantitative estimate of drug-likeness (QED) is 0.441. The van der Waals surface area contributed by atoms with E-state index in [2.05, 4.69) is 64.2 Å². The van der Waals surface area contributed by atoms with Gasteiger partial charge in [-0.3, -0.25) is 4.79 Å². The number of aromatic nitrogens is 2. The average Bonchev–Trinajstić information content (AvgIpc) is 3.23. The Labute approximate surface area is 199 Å². The minimum absolute atomic E-state index is 0.0223. The van der Waals surface area contributed by atoms with E-state index in [1.165, 1.54) is 23.3 Å². The number of nitrogens with zero attached hydrogens (tertiary/aromatic N) is 3. The van der Waals surface area contributed by atoms with Crippen molar-refractivity contribution in [3.63, 3.8) is 0 Å². The number of amides is 1. The summed E-state index contributed by atoms with van der Waals surface area (Å²) in [5.74, 6) is 0.744. The Morgan fingerprint density at radius 2 is 1.71 bits per heavy atom. The number of halogens is 1. The number of carbonyl (C=O) groups excluding carboxylic acids is 1. The van der Waals surface area contributed by atoms with Gasteiger partial charge in [0, 0.05) is 25.6 Å². The van der Waals surface area contributed by atoms with Gasteiger partial charge in [-0.2, -0.15) is 0 Å². The lowest BCUT2D eigenvalue weighted by atomic mass is 9.96. The molecule has 6 heteroatoms. The van der Waals surface area contributed by atoms with Crippen LogP contribution < -0.4 is 10.2 Å². The lowest BCUT2D eigenvalue weighted by Crippen LogP contribution is -2.41. The monoisotopic (exact) mass is 456 g/mol. The van der Waals surface area contributed by atoms with Gasteiger partial charge in [0.2, 0.25) is 11.9 Å². The van der Waals surface area contributed by atoms with Gasteiger partial charge < -0.3 is 14.8 Å². The van der Waals surface area contributed by atoms with Crippen LogP contribution in [-0.4, -0.2) is 28.5 Å². The lowest BCUT2D eigenvalue weighted by Gasteiger charge is -2.32. The molecule has 5 nitrogen and oxygen atoms in total. The highest BCUT2D eigenvalue weighted by molar-refractivity contribution is 5.80. The van der Waals surface area contributed by atoms with E-state index < -0.39 is 0 Å². The van der Waals surface area contributed by atoms with Crippen LogP contribution in [0, 0.1) is 18.7 Å². The molecule has 0 atom stereocenters. The van der Waals surface area contributed by atoms with E-state index in [4.69, 9.17) is 4.98 Å². The number of aryl methyl sites for hydroxylation is 1. The van der Waals surface area contributed by atoms with Crippen molar-refractivity contribution in [1.29, 1.82) is 0 Å². The summed E-state index contributed by atoms with van der Waals surface area (Å²) in [5.41, 5.74) is 5.56. The standard InChI is InChI=1S/C28H29FN4O/c1-20-6-2-3-7-23(20)19-33-26-9-5-4-8-25(26)31-28(33)32-16-14-22(15-17-32)27(34)30-18-21-10-12-24(29)13-11-21/h2-13,22H,14-19H2,1H3,(H,30,34). The summed E-state index contributed by atoms with van der Waals surface area (Å²) in [6.07, 6.45) is 1.56. The number of benzene rings is 3. The fourth-order valence-electron chi connectivity index (χ4n) is 4.70. The lowest BCUT2D eigenvalue weighted by molar-refractivity contribution is -0.125. The molecule has 0 saturated carbocycles. The molecule has 0 radical (unpaired) electrons. The highest BCUT2D eigenvalue weighted by Gasteiger charge is 2.27. The first kappa shape index (κ1) is 22.1. The Kier molecular flexibility index (Phi) is 6.30. The molecule has 1 fully saturated rings. The molecule has 1 saturated heterocycles. The summed E-state index contributed by atoms with van der Waals surface area (Å²) in [5, 5.41) is 3.01. The van der Waals surface area contributed by atoms with Crippen LogP contribution in [0.4, 0.5) is 10.3 Å². The van der Waals surface area contributed by atoms with Gasteiger partial charge in [0.25, 0.3) is 0 Å². The smallest absolute Gasteiger partial charge is 0.223 e. The normalized spacial score (nSPS) is 14.5. The highest BCUT2D eigenvalue weighted by atomic mass is 19.1. The molecule has 0 spiro atoms. The van der Waals surface area contributed by atoms with Crippen molar-refractivity contribution >= 4 is 22.9 Å². The number of hydrogen-bond acceptors (Lipinski definition) is 3. The minimum atomic E-state index is -0.268. The molecular formula is C28H29FN4O. The van der Waals surface area contributed by atoms with Crippen molar-refractivity contribution in [3.05, 3.63) is 95.3 Å². The maximum atomic E-state index is 13.1. The zero-order chi connectivity index (χ0) is 23.5. The predicted octanol–water partition coefficient (Wildman–Crippen LogP) is 5.06. The summed E-state index contributed by atoms with van der Waals surface area (Å²) in [4.78, 5) is 20.0. The number of imidazole rings is 1. The molecule has 5 rings (SSSR count). The van der Waals surface area contributed by atoms with Crippen LogP contribution in [0.2, 0.25) is 0 Å². The number of anilines is 1. The van der Waals surface area contributed by atoms with Crippen molar-refractivity contribution in [2.75, 3.05) is 18.0 Å². The Hall–Kier alpha value is -3.67. The number of fused-ring (bicyclic) bond motifs is 1. The molecule has 2 heterocycles. The summed E-state index contributed by atoms with van der Waals surface area (Å²) < 4.78 is 15.4. The Morgan fingerprint density at radius 3 is 2.47 bits per heavy atom. The third kappa shape index (κ3) is 4.67. The second-order valence-corrected chi connectivity index (χ2v) is 9.02. The summed E-state index contributed by atoms with van der Waals surface area (Å²) in [7, 11) is 0. The van der Waals surface area contributed by atoms with E-state index in [1.807, 2.05) is 6.07 Å². The number of hydrogen-bond donors (Lipinski definition) is 1. The van der Waals surface area contributed by atoms with Gasteiger partial charge in [0.1, 0.15) is 5.82 Å². The van der Waals surface area contributed by atoms with E-state index in [1.54, 1.807) is 12.1 Å². The first-order valence-corrected chi connectivity index (χ1v) is 11.9. The summed E-state index contributed by atoms with van der Waals surface area (Å²) in [6.45, 7) is 4.90. The molecule has 0 aliphatic carbocycles. The van der Waals surface area contributed by atoms with Gasteiger partial charge in [0.05, 0.1) is 17.6 Å². The zero-order valence-electron chi connectivity index (χ0n) is 19.4. The van der Waals surface area contributed by atoms with Crippen LogP contribution in [0.3, 0.4) is 0 Å². The van der Waals surface area contributed by atoms with Crippen LogP contribution >= 0.6 is 0 Å². The van der Waals surface area contributed by atoms with Crippen molar-refractivity contribution in [2.24, 2.45) is 5.92 Å². The molecule has 1 aliphatic heterocycles. The predicted molar refractivity (Wildman–Crippen MR) is 133 cm³/mol. The van der Waals surface area contributed by atoms with Crippen molar-refractivity contribution < 1.29 is 9.18 Å². The van der Waals surface area contributed by atoms with Crippen LogP contribution in [0.5, 0.6) is 0 Å². The maximum Gasteiger partial charge on any atom is 0.223 e. The van der Waals surface area contributed by atoms with Crippen LogP contribution in [0.15, 0.2) is 72.8 Å². The second-order valence-electron chi connectivity index (χ2n) is 9.02. The number of nitrogens with one attached hydrogen (secondary N) is 1. The van der Waals surface area contributed by atoms with Crippen molar-refractivity contribution in [2.45, 2.75) is 32.9 Å². The number of carbonyl (C=O) groups is 1.